The van der Waals surface area contributed by atoms with Gasteiger partial charge in [-0.15, -0.1) is 0 Å². The van der Waals surface area contributed by atoms with Gasteiger partial charge in [0.15, 0.2) is 6.10 Å². The maximum absolute atomic E-state index is 13.7. The Bertz CT molecular complexity index is 1600. The molecule has 254 valence electrons. The van der Waals surface area contributed by atoms with Gasteiger partial charge in [0.05, 0.1) is 23.6 Å². The van der Waals surface area contributed by atoms with Crippen LogP contribution in [0, 0.1) is 25.1 Å². The highest BCUT2D eigenvalue weighted by molar-refractivity contribution is 5.88. The highest BCUT2D eigenvalue weighted by atomic mass is 19.1. The van der Waals surface area contributed by atoms with Gasteiger partial charge in [0.2, 0.25) is 0 Å². The largest absolute Gasteiger partial charge is 0.479 e. The molecule has 0 radical (unpaired) electrons. The van der Waals surface area contributed by atoms with Crippen molar-refractivity contribution in [2.24, 2.45) is 5.41 Å². The third-order valence-corrected chi connectivity index (χ3v) is 9.59. The average Bonchev–Trinajstić information content (AvgIpc) is 2.99. The smallest absolute Gasteiger partial charge is 0.337 e. The number of hydrogen-bond acceptors (Lipinski definition) is 6. The SMILES string of the molecule is CCOCc1nc(C)c(C(OC(C)(C)C)C(=O)O)c(N2CCC(C)(C)CC2)c1-c1ccc2c(c1)CCN(Cc1ccc(F)cc1C)C2. The number of nitrogens with zero attached hydrogens (tertiary/aromatic N) is 3. The lowest BCUT2D eigenvalue weighted by molar-refractivity contribution is -0.160. The van der Waals surface area contributed by atoms with Crippen molar-refractivity contribution >= 4 is 11.7 Å². The van der Waals surface area contributed by atoms with Gasteiger partial charge in [-0.05, 0) is 106 Å². The first-order valence-electron chi connectivity index (χ1n) is 17.0. The summed E-state index contributed by atoms with van der Waals surface area (Å²) in [6.45, 7) is 21.1. The van der Waals surface area contributed by atoms with E-state index in [9.17, 15) is 14.3 Å². The Balaban J connectivity index is 1.62. The number of fused-ring (bicyclic) bond motifs is 1. The number of aromatic nitrogens is 1. The Morgan fingerprint density at radius 3 is 2.43 bits per heavy atom. The maximum Gasteiger partial charge on any atom is 0.337 e. The monoisotopic (exact) mass is 645 g/mol. The average molecular weight is 646 g/mol. The van der Waals surface area contributed by atoms with E-state index >= 15 is 0 Å². The number of aliphatic carboxylic acids is 1. The number of aryl methyl sites for hydroxylation is 2. The number of hydrogen-bond donors (Lipinski definition) is 1. The molecular weight excluding hydrogens is 593 g/mol. The van der Waals surface area contributed by atoms with Crippen LogP contribution in [0.4, 0.5) is 10.1 Å². The number of rotatable bonds is 10. The fourth-order valence-corrected chi connectivity index (χ4v) is 6.91. The minimum atomic E-state index is -1.17. The molecule has 0 amide bonds. The Morgan fingerprint density at radius 2 is 1.79 bits per heavy atom. The molecule has 1 N–H and O–H groups in total. The summed E-state index contributed by atoms with van der Waals surface area (Å²) in [4.78, 5) is 22.8. The van der Waals surface area contributed by atoms with E-state index in [4.69, 9.17) is 14.5 Å². The Kier molecular flexibility index (Phi) is 10.4. The number of benzene rings is 2. The summed E-state index contributed by atoms with van der Waals surface area (Å²) in [5.74, 6) is -1.22. The van der Waals surface area contributed by atoms with Crippen LogP contribution in [0.5, 0.6) is 0 Å². The van der Waals surface area contributed by atoms with Crippen molar-refractivity contribution in [3.63, 3.8) is 0 Å². The lowest BCUT2D eigenvalue weighted by atomic mass is 9.81. The zero-order chi connectivity index (χ0) is 34.1. The van der Waals surface area contributed by atoms with E-state index in [1.165, 1.54) is 11.1 Å². The van der Waals surface area contributed by atoms with Crippen molar-refractivity contribution in [2.45, 2.75) is 106 Å². The third-order valence-electron chi connectivity index (χ3n) is 9.59. The van der Waals surface area contributed by atoms with Crippen molar-refractivity contribution in [3.05, 3.63) is 81.4 Å². The van der Waals surface area contributed by atoms with Gasteiger partial charge in [0.1, 0.15) is 5.82 Å². The Morgan fingerprint density at radius 1 is 1.06 bits per heavy atom. The molecule has 1 unspecified atom stereocenters. The minimum absolute atomic E-state index is 0.201. The molecule has 2 aliphatic rings. The second kappa shape index (κ2) is 14.0. The number of ether oxygens (including phenoxy) is 2. The molecule has 5 rings (SSSR count). The molecule has 0 bridgehead atoms. The van der Waals surface area contributed by atoms with E-state index in [2.05, 4.69) is 41.8 Å². The summed E-state index contributed by atoms with van der Waals surface area (Å²) in [6.07, 6.45) is 1.71. The molecule has 8 heteroatoms. The van der Waals surface area contributed by atoms with Crippen LogP contribution in [0.3, 0.4) is 0 Å². The van der Waals surface area contributed by atoms with E-state index in [0.29, 0.717) is 24.5 Å². The molecule has 1 fully saturated rings. The zero-order valence-electron chi connectivity index (χ0n) is 29.5. The molecule has 7 nitrogen and oxygen atoms in total. The van der Waals surface area contributed by atoms with E-state index in [-0.39, 0.29) is 11.2 Å². The van der Waals surface area contributed by atoms with Gasteiger partial charge in [0.25, 0.3) is 0 Å². The van der Waals surface area contributed by atoms with Crippen LogP contribution in [0.2, 0.25) is 0 Å². The van der Waals surface area contributed by atoms with Crippen molar-refractivity contribution in [3.8, 4) is 11.1 Å². The number of carbonyl (C=O) groups is 1. The molecule has 2 aliphatic heterocycles. The molecular formula is C39H52FN3O4. The predicted octanol–water partition coefficient (Wildman–Crippen LogP) is 8.17. The Hall–Kier alpha value is -3.33. The maximum atomic E-state index is 13.7. The molecule has 2 aromatic carbocycles. The quantitative estimate of drug-likeness (QED) is 0.238. The number of halogens is 1. The number of anilines is 1. The van der Waals surface area contributed by atoms with Gasteiger partial charge in [-0.3, -0.25) is 9.88 Å². The normalized spacial score (nSPS) is 17.4. The van der Waals surface area contributed by atoms with Crippen molar-refractivity contribution in [1.82, 2.24) is 9.88 Å². The van der Waals surface area contributed by atoms with Crippen LogP contribution in [-0.2, 0) is 40.4 Å². The molecule has 0 saturated carbocycles. The predicted molar refractivity (Wildman–Crippen MR) is 185 cm³/mol. The van der Waals surface area contributed by atoms with Crippen LogP contribution in [-0.4, -0.2) is 52.8 Å². The summed E-state index contributed by atoms with van der Waals surface area (Å²) in [5.41, 5.74) is 9.17. The third kappa shape index (κ3) is 8.22. The molecule has 1 atom stereocenters. The first-order valence-corrected chi connectivity index (χ1v) is 17.0. The topological polar surface area (TPSA) is 75.1 Å². The minimum Gasteiger partial charge on any atom is -0.479 e. The van der Waals surface area contributed by atoms with Crippen molar-refractivity contribution < 1.29 is 23.8 Å². The summed E-state index contributed by atoms with van der Waals surface area (Å²) < 4.78 is 26.0. The fourth-order valence-electron chi connectivity index (χ4n) is 6.91. The van der Waals surface area contributed by atoms with Crippen LogP contribution in [0.15, 0.2) is 36.4 Å². The lowest BCUT2D eigenvalue weighted by Gasteiger charge is -2.41. The Labute approximate surface area is 280 Å². The van der Waals surface area contributed by atoms with Crippen LogP contribution in [0.1, 0.15) is 99.7 Å². The van der Waals surface area contributed by atoms with Crippen LogP contribution in [0.25, 0.3) is 11.1 Å². The first-order chi connectivity index (χ1) is 22.2. The van der Waals surface area contributed by atoms with E-state index in [1.807, 2.05) is 47.6 Å². The molecule has 1 aromatic heterocycles. The lowest BCUT2D eigenvalue weighted by Crippen LogP contribution is -2.39. The molecule has 0 aliphatic carbocycles. The number of pyridine rings is 1. The highest BCUT2D eigenvalue weighted by Gasteiger charge is 2.37. The molecule has 3 heterocycles. The number of carboxylic acid groups (broad SMARTS) is 1. The zero-order valence-corrected chi connectivity index (χ0v) is 29.5. The fraction of sp³-hybridized carbons (Fsp3) is 0.538. The second-order valence-electron chi connectivity index (χ2n) is 15.0. The summed E-state index contributed by atoms with van der Waals surface area (Å²) in [6, 6.07) is 11.7. The number of carboxylic acids is 1. The highest BCUT2D eigenvalue weighted by Crippen LogP contribution is 2.45. The van der Waals surface area contributed by atoms with Crippen LogP contribution < -0.4 is 4.90 Å². The van der Waals surface area contributed by atoms with Crippen molar-refractivity contribution in [1.29, 1.82) is 0 Å². The molecule has 0 spiro atoms. The van der Waals surface area contributed by atoms with Gasteiger partial charge in [-0.2, -0.15) is 0 Å². The van der Waals surface area contributed by atoms with E-state index in [0.717, 1.165) is 85.6 Å². The standard InChI is InChI=1S/C39H52FN3O4/c1-9-46-24-32-34(28-10-11-30-23-42(17-14-27(30)21-28)22-29-12-13-31(40)20-25(29)2)35(43-18-15-39(7,8)16-19-43)33(26(3)41-32)36(37(44)45)47-38(4,5)6/h10-13,20-21,36H,9,14-19,22-24H2,1-8H3,(H,44,45). The van der Waals surface area contributed by atoms with Gasteiger partial charge >= 0.3 is 5.97 Å². The van der Waals surface area contributed by atoms with E-state index in [1.54, 1.807) is 12.1 Å². The van der Waals surface area contributed by atoms with Gasteiger partial charge in [-0.1, -0.05) is 38.1 Å². The van der Waals surface area contributed by atoms with Crippen molar-refractivity contribution in [2.75, 3.05) is 31.1 Å². The first kappa shape index (κ1) is 35.0. The summed E-state index contributed by atoms with van der Waals surface area (Å²) >= 11 is 0. The van der Waals surface area contributed by atoms with Crippen LogP contribution >= 0.6 is 0 Å². The summed E-state index contributed by atoms with van der Waals surface area (Å²) in [5, 5.41) is 10.6. The van der Waals surface area contributed by atoms with E-state index < -0.39 is 17.7 Å². The number of piperidine rings is 1. The second-order valence-corrected chi connectivity index (χ2v) is 15.0. The molecule has 3 aromatic rings. The van der Waals surface area contributed by atoms with Gasteiger partial charge in [0, 0.05) is 56.2 Å². The van der Waals surface area contributed by atoms with Gasteiger partial charge in [-0.25, -0.2) is 9.18 Å². The molecule has 1 saturated heterocycles. The summed E-state index contributed by atoms with van der Waals surface area (Å²) in [7, 11) is 0. The molecule has 47 heavy (non-hydrogen) atoms. The van der Waals surface area contributed by atoms with Gasteiger partial charge < -0.3 is 19.5 Å².